The van der Waals surface area contributed by atoms with Gasteiger partial charge in [0.15, 0.2) is 0 Å². The molecular weight excluding hydrogens is 270 g/mol. The zero-order valence-corrected chi connectivity index (χ0v) is 11.2. The smallest absolute Gasteiger partial charge is 0.265 e. The van der Waals surface area contributed by atoms with Gasteiger partial charge in [0.05, 0.1) is 18.6 Å². The number of rotatable bonds is 4. The molecule has 1 aliphatic heterocycles. The van der Waals surface area contributed by atoms with Crippen molar-refractivity contribution >= 4 is 20.1 Å². The maximum Gasteiger partial charge on any atom is 0.265 e. The Morgan fingerprint density at radius 1 is 1.29 bits per heavy atom. The first-order valence-electron chi connectivity index (χ1n) is 5.09. The molecule has 17 heavy (non-hydrogen) atoms. The molecule has 1 atom stereocenters. The second-order valence-electron chi connectivity index (χ2n) is 4.58. The van der Waals surface area contributed by atoms with Crippen molar-refractivity contribution in [2.24, 2.45) is 5.41 Å². The molecule has 0 aromatic rings. The highest BCUT2D eigenvalue weighted by Gasteiger charge is 2.41. The van der Waals surface area contributed by atoms with Crippen molar-refractivity contribution in [3.63, 3.8) is 0 Å². The molecule has 7 nitrogen and oxygen atoms in total. The third-order valence-corrected chi connectivity index (χ3v) is 5.15. The summed E-state index contributed by atoms with van der Waals surface area (Å²) in [5.74, 6) is -0.622. The number of piperidine rings is 1. The van der Waals surface area contributed by atoms with Gasteiger partial charge in [-0.15, -0.1) is 0 Å². The topological polar surface area (TPSA) is 112 Å². The van der Waals surface area contributed by atoms with Crippen LogP contribution >= 0.6 is 0 Å². The minimum Gasteiger partial charge on any atom is -0.396 e. The molecule has 0 spiro atoms. The van der Waals surface area contributed by atoms with Gasteiger partial charge in [0, 0.05) is 18.5 Å². The van der Waals surface area contributed by atoms with Crippen LogP contribution in [0.25, 0.3) is 0 Å². The predicted octanol–water partition coefficient (Wildman–Crippen LogP) is -1.09. The van der Waals surface area contributed by atoms with Crippen molar-refractivity contribution in [1.29, 1.82) is 0 Å². The zero-order chi connectivity index (χ0) is 13.3. The average molecular weight is 287 g/mol. The molecule has 1 aliphatic rings. The summed E-state index contributed by atoms with van der Waals surface area (Å²) in [5.41, 5.74) is -1.10. The van der Waals surface area contributed by atoms with Gasteiger partial charge in [0.2, 0.25) is 10.0 Å². The minimum atomic E-state index is -4.24. The standard InChI is InChI=1S/C8H17NO6S2/c1-16(11,12)9-4-2-3-8(5-9,6-10)7-17(13,14)15/h10H,2-7H2,1H3,(H,13,14,15). The molecule has 2 N–H and O–H groups in total. The Bertz CT molecular complexity index is 470. The van der Waals surface area contributed by atoms with Gasteiger partial charge in [0.25, 0.3) is 10.1 Å². The molecule has 1 heterocycles. The Balaban J connectivity index is 2.94. The summed E-state index contributed by atoms with van der Waals surface area (Å²) in [4.78, 5) is 0. The summed E-state index contributed by atoms with van der Waals surface area (Å²) in [6.45, 7) is -0.243. The number of hydrogen-bond acceptors (Lipinski definition) is 5. The molecule has 0 aromatic heterocycles. The second-order valence-corrected chi connectivity index (χ2v) is 8.02. The summed E-state index contributed by atoms with van der Waals surface area (Å²) in [6.07, 6.45) is 1.87. The minimum absolute atomic E-state index is 0.0812. The van der Waals surface area contributed by atoms with Crippen molar-refractivity contribution < 1.29 is 26.5 Å². The summed E-state index contributed by atoms with van der Waals surface area (Å²) in [5, 5.41) is 9.29. The highest BCUT2D eigenvalue weighted by atomic mass is 32.2. The number of hydrogen-bond donors (Lipinski definition) is 2. The van der Waals surface area contributed by atoms with Gasteiger partial charge in [-0.2, -0.15) is 8.42 Å². The maximum atomic E-state index is 11.4. The number of aliphatic hydroxyl groups is 1. The van der Waals surface area contributed by atoms with Crippen molar-refractivity contribution in [3.05, 3.63) is 0 Å². The first-order chi connectivity index (χ1) is 7.58. The molecule has 0 amide bonds. The first-order valence-corrected chi connectivity index (χ1v) is 8.55. The summed E-state index contributed by atoms with van der Waals surface area (Å²) >= 11 is 0. The van der Waals surface area contributed by atoms with E-state index in [0.717, 1.165) is 10.6 Å². The van der Waals surface area contributed by atoms with E-state index < -0.39 is 37.9 Å². The normalized spacial score (nSPS) is 28.2. The Morgan fingerprint density at radius 3 is 2.29 bits per heavy atom. The lowest BCUT2D eigenvalue weighted by atomic mass is 9.83. The lowest BCUT2D eigenvalue weighted by Gasteiger charge is -2.39. The molecular formula is C8H17NO6S2. The van der Waals surface area contributed by atoms with Crippen LogP contribution in [0, 0.1) is 5.41 Å². The zero-order valence-electron chi connectivity index (χ0n) is 9.53. The van der Waals surface area contributed by atoms with Gasteiger partial charge >= 0.3 is 0 Å². The molecule has 1 saturated heterocycles. The van der Waals surface area contributed by atoms with E-state index >= 15 is 0 Å². The van der Waals surface area contributed by atoms with E-state index in [1.54, 1.807) is 0 Å². The molecule has 1 fully saturated rings. The fraction of sp³-hybridized carbons (Fsp3) is 1.00. The highest BCUT2D eigenvalue weighted by Crippen LogP contribution is 2.32. The van der Waals surface area contributed by atoms with Crippen LogP contribution < -0.4 is 0 Å². The van der Waals surface area contributed by atoms with Gasteiger partial charge < -0.3 is 5.11 Å². The lowest BCUT2D eigenvalue weighted by molar-refractivity contribution is 0.0824. The number of aliphatic hydroxyl groups excluding tert-OH is 1. The summed E-state index contributed by atoms with van der Waals surface area (Å²) < 4.78 is 54.6. The third-order valence-electron chi connectivity index (χ3n) is 2.92. The van der Waals surface area contributed by atoms with Gasteiger partial charge in [0.1, 0.15) is 0 Å². The molecule has 9 heteroatoms. The van der Waals surface area contributed by atoms with Gasteiger partial charge in [-0.3, -0.25) is 4.55 Å². The van der Waals surface area contributed by atoms with E-state index in [1.807, 2.05) is 0 Å². The van der Waals surface area contributed by atoms with E-state index in [4.69, 9.17) is 4.55 Å². The van der Waals surface area contributed by atoms with Crippen LogP contribution in [0.5, 0.6) is 0 Å². The van der Waals surface area contributed by atoms with Crippen molar-refractivity contribution in [2.75, 3.05) is 31.7 Å². The molecule has 0 aliphatic carbocycles. The van der Waals surface area contributed by atoms with Crippen LogP contribution in [-0.2, 0) is 20.1 Å². The number of nitrogens with zero attached hydrogens (tertiary/aromatic N) is 1. The van der Waals surface area contributed by atoms with E-state index in [2.05, 4.69) is 0 Å². The van der Waals surface area contributed by atoms with Crippen LogP contribution in [0.1, 0.15) is 12.8 Å². The van der Waals surface area contributed by atoms with Crippen LogP contribution in [0.4, 0.5) is 0 Å². The first kappa shape index (κ1) is 14.8. The summed E-state index contributed by atoms with van der Waals surface area (Å²) in [7, 11) is -7.66. The Hall–Kier alpha value is -0.220. The van der Waals surface area contributed by atoms with Crippen LogP contribution in [0.3, 0.4) is 0 Å². The molecule has 1 rings (SSSR count). The van der Waals surface area contributed by atoms with E-state index in [9.17, 15) is 21.9 Å². The third kappa shape index (κ3) is 4.18. The lowest BCUT2D eigenvalue weighted by Crippen LogP contribution is -2.50. The fourth-order valence-electron chi connectivity index (χ4n) is 2.13. The molecule has 102 valence electrons. The van der Waals surface area contributed by atoms with E-state index in [1.165, 1.54) is 0 Å². The predicted molar refractivity (Wildman–Crippen MR) is 61.6 cm³/mol. The maximum absolute atomic E-state index is 11.4. The van der Waals surface area contributed by atoms with Crippen LogP contribution in [-0.4, -0.2) is 62.5 Å². The Kier molecular flexibility index (Phi) is 4.20. The highest BCUT2D eigenvalue weighted by molar-refractivity contribution is 7.88. The Labute approximate surface area is 101 Å². The van der Waals surface area contributed by atoms with E-state index in [0.29, 0.717) is 19.4 Å². The second kappa shape index (κ2) is 4.81. The SMILES string of the molecule is CS(=O)(=O)N1CCCC(CO)(CS(=O)(=O)O)C1. The van der Waals surface area contributed by atoms with Crippen molar-refractivity contribution in [1.82, 2.24) is 4.31 Å². The van der Waals surface area contributed by atoms with Gasteiger partial charge in [-0.1, -0.05) is 0 Å². The molecule has 0 saturated carbocycles. The quantitative estimate of drug-likeness (QED) is 0.635. The monoisotopic (exact) mass is 287 g/mol. The van der Waals surface area contributed by atoms with Crippen LogP contribution in [0.2, 0.25) is 0 Å². The van der Waals surface area contributed by atoms with Crippen molar-refractivity contribution in [3.8, 4) is 0 Å². The van der Waals surface area contributed by atoms with E-state index in [-0.39, 0.29) is 6.54 Å². The van der Waals surface area contributed by atoms with Crippen molar-refractivity contribution in [2.45, 2.75) is 12.8 Å². The Morgan fingerprint density at radius 2 is 1.88 bits per heavy atom. The molecule has 0 radical (unpaired) electrons. The number of sulfonamides is 1. The van der Waals surface area contributed by atoms with Gasteiger partial charge in [-0.25, -0.2) is 12.7 Å². The molecule has 0 aromatic carbocycles. The fourth-order valence-corrected chi connectivity index (χ4v) is 4.20. The summed E-state index contributed by atoms with van der Waals surface area (Å²) in [6, 6.07) is 0. The van der Waals surface area contributed by atoms with Crippen LogP contribution in [0.15, 0.2) is 0 Å². The largest absolute Gasteiger partial charge is 0.396 e. The molecule has 1 unspecified atom stereocenters. The average Bonchev–Trinajstić information content (AvgIpc) is 2.14. The van der Waals surface area contributed by atoms with Gasteiger partial charge in [-0.05, 0) is 12.8 Å². The molecule has 0 bridgehead atoms.